The van der Waals surface area contributed by atoms with Crippen molar-refractivity contribution in [3.05, 3.63) is 48.0 Å². The fraction of sp³-hybridized carbons (Fsp3) is 0.412. The lowest BCUT2D eigenvalue weighted by Gasteiger charge is -2.37. The quantitative estimate of drug-likeness (QED) is 0.780. The zero-order chi connectivity index (χ0) is 18.9. The van der Waals surface area contributed by atoms with Crippen molar-refractivity contribution in [3.63, 3.8) is 0 Å². The maximum atomic E-state index is 13.9. The number of alkyl halides is 3. The smallest absolute Gasteiger partial charge is 0.366 e. The lowest BCUT2D eigenvalue weighted by Crippen LogP contribution is -2.50. The van der Waals surface area contributed by atoms with E-state index in [1.807, 2.05) is 4.90 Å². The van der Waals surface area contributed by atoms with Crippen LogP contribution >= 0.6 is 0 Å². The van der Waals surface area contributed by atoms with E-state index in [1.165, 1.54) is 13.0 Å². The summed E-state index contributed by atoms with van der Waals surface area (Å²) in [5.41, 5.74) is -0.545. The summed E-state index contributed by atoms with van der Waals surface area (Å²) in [6.07, 6.45) is -3.39. The Balaban J connectivity index is 1.63. The molecule has 0 radical (unpaired) electrons. The molecule has 1 aromatic carbocycles. The third-order valence-corrected chi connectivity index (χ3v) is 4.44. The number of carbonyl (C=O) groups is 1. The molecule has 1 aromatic heterocycles. The molecular formula is C17H18F4N4O. The molecule has 5 nitrogen and oxygen atoms in total. The molecule has 1 atom stereocenters. The van der Waals surface area contributed by atoms with Crippen molar-refractivity contribution < 1.29 is 22.4 Å². The first kappa shape index (κ1) is 18.2. The molecule has 0 saturated carbocycles. The standard InChI is InChI=1S/C17H18F4N4O/c1-12(25-7-6-15(22-25)17(19,20)21)16(26)24-10-8-23(9-11-24)14-5-3-2-4-13(14)18/h2-7,12H,8-11H2,1H3. The molecule has 2 heterocycles. The number of rotatable bonds is 3. The Bertz CT molecular complexity index is 781. The van der Waals surface area contributed by atoms with Crippen LogP contribution in [0.5, 0.6) is 0 Å². The molecule has 0 spiro atoms. The first-order valence-electron chi connectivity index (χ1n) is 8.18. The minimum atomic E-state index is -4.54. The molecular weight excluding hydrogens is 352 g/mol. The number of hydrogen-bond acceptors (Lipinski definition) is 3. The summed E-state index contributed by atoms with van der Waals surface area (Å²) < 4.78 is 52.8. The molecule has 0 bridgehead atoms. The average molecular weight is 370 g/mol. The van der Waals surface area contributed by atoms with Crippen molar-refractivity contribution in [1.82, 2.24) is 14.7 Å². The van der Waals surface area contributed by atoms with E-state index in [9.17, 15) is 22.4 Å². The van der Waals surface area contributed by atoms with Crippen LogP contribution in [0.4, 0.5) is 23.2 Å². The van der Waals surface area contributed by atoms with Gasteiger partial charge in [0.15, 0.2) is 5.69 Å². The van der Waals surface area contributed by atoms with Gasteiger partial charge in [-0.2, -0.15) is 18.3 Å². The maximum Gasteiger partial charge on any atom is 0.435 e. The van der Waals surface area contributed by atoms with E-state index < -0.39 is 17.9 Å². The molecule has 140 valence electrons. The van der Waals surface area contributed by atoms with Crippen molar-refractivity contribution >= 4 is 11.6 Å². The Kier molecular flexibility index (Phi) is 4.88. The topological polar surface area (TPSA) is 41.4 Å². The van der Waals surface area contributed by atoms with Gasteiger partial charge in [0.05, 0.1) is 5.69 Å². The van der Waals surface area contributed by atoms with Crippen molar-refractivity contribution in [1.29, 1.82) is 0 Å². The van der Waals surface area contributed by atoms with E-state index in [4.69, 9.17) is 0 Å². The third-order valence-electron chi connectivity index (χ3n) is 4.44. The number of benzene rings is 1. The lowest BCUT2D eigenvalue weighted by molar-refractivity contribution is -0.142. The zero-order valence-electron chi connectivity index (χ0n) is 14.1. The number of nitrogens with zero attached hydrogens (tertiary/aromatic N) is 4. The summed E-state index contributed by atoms with van der Waals surface area (Å²) in [5, 5.41) is 3.46. The molecule has 26 heavy (non-hydrogen) atoms. The highest BCUT2D eigenvalue weighted by molar-refractivity contribution is 5.80. The first-order chi connectivity index (χ1) is 12.3. The van der Waals surface area contributed by atoms with Gasteiger partial charge in [0.25, 0.3) is 0 Å². The Morgan fingerprint density at radius 1 is 1.12 bits per heavy atom. The number of halogens is 4. The maximum absolute atomic E-state index is 13.9. The molecule has 0 aliphatic carbocycles. The molecule has 1 amide bonds. The Morgan fingerprint density at radius 2 is 1.77 bits per heavy atom. The van der Waals surface area contributed by atoms with Gasteiger partial charge in [0.2, 0.25) is 5.91 Å². The van der Waals surface area contributed by atoms with Crippen LogP contribution in [0.1, 0.15) is 18.7 Å². The summed E-state index contributed by atoms with van der Waals surface area (Å²) in [4.78, 5) is 16.0. The normalized spacial score (nSPS) is 16.7. The van der Waals surface area contributed by atoms with Gasteiger partial charge >= 0.3 is 6.18 Å². The summed E-state index contributed by atoms with van der Waals surface area (Å²) in [5.74, 6) is -0.633. The van der Waals surface area contributed by atoms with Crippen LogP contribution in [0.15, 0.2) is 36.5 Å². The molecule has 1 aliphatic rings. The van der Waals surface area contributed by atoms with Crippen molar-refractivity contribution in [2.75, 3.05) is 31.1 Å². The van der Waals surface area contributed by atoms with Gasteiger partial charge in [-0.1, -0.05) is 12.1 Å². The van der Waals surface area contributed by atoms with E-state index in [1.54, 1.807) is 23.1 Å². The molecule has 9 heteroatoms. The van der Waals surface area contributed by atoms with E-state index >= 15 is 0 Å². The monoisotopic (exact) mass is 370 g/mol. The second-order valence-corrected chi connectivity index (χ2v) is 6.12. The minimum Gasteiger partial charge on any atom is -0.366 e. The summed E-state index contributed by atoms with van der Waals surface area (Å²) in [7, 11) is 0. The molecule has 1 saturated heterocycles. The highest BCUT2D eigenvalue weighted by Gasteiger charge is 2.35. The van der Waals surface area contributed by atoms with Crippen LogP contribution in [0.3, 0.4) is 0 Å². The summed E-state index contributed by atoms with van der Waals surface area (Å²) >= 11 is 0. The number of piperazine rings is 1. The van der Waals surface area contributed by atoms with E-state index in [0.717, 1.165) is 16.9 Å². The second-order valence-electron chi connectivity index (χ2n) is 6.12. The number of carbonyl (C=O) groups excluding carboxylic acids is 1. The minimum absolute atomic E-state index is 0.310. The van der Waals surface area contributed by atoms with Crippen LogP contribution in [0.25, 0.3) is 0 Å². The van der Waals surface area contributed by atoms with Gasteiger partial charge < -0.3 is 9.80 Å². The largest absolute Gasteiger partial charge is 0.435 e. The van der Waals surface area contributed by atoms with Gasteiger partial charge in [-0.25, -0.2) is 4.39 Å². The highest BCUT2D eigenvalue weighted by atomic mass is 19.4. The van der Waals surface area contributed by atoms with Crippen molar-refractivity contribution in [2.45, 2.75) is 19.1 Å². The van der Waals surface area contributed by atoms with Gasteiger partial charge in [-0.05, 0) is 25.1 Å². The molecule has 1 fully saturated rings. The number of para-hydroxylation sites is 1. The van der Waals surface area contributed by atoms with Gasteiger partial charge in [0, 0.05) is 32.4 Å². The van der Waals surface area contributed by atoms with Gasteiger partial charge in [-0.15, -0.1) is 0 Å². The fourth-order valence-corrected chi connectivity index (χ4v) is 2.96. The second kappa shape index (κ2) is 6.97. The molecule has 0 N–H and O–H groups in total. The van der Waals surface area contributed by atoms with E-state index in [2.05, 4.69) is 5.10 Å². The highest BCUT2D eigenvalue weighted by Crippen LogP contribution is 2.28. The fourth-order valence-electron chi connectivity index (χ4n) is 2.96. The number of anilines is 1. The van der Waals surface area contributed by atoms with Crippen LogP contribution in [-0.2, 0) is 11.0 Å². The lowest BCUT2D eigenvalue weighted by atomic mass is 10.2. The number of hydrogen-bond donors (Lipinski definition) is 0. The third kappa shape index (κ3) is 3.66. The van der Waals surface area contributed by atoms with Gasteiger partial charge in [-0.3, -0.25) is 9.48 Å². The van der Waals surface area contributed by atoms with Crippen molar-refractivity contribution in [3.8, 4) is 0 Å². The van der Waals surface area contributed by atoms with Crippen LogP contribution in [-0.4, -0.2) is 46.8 Å². The molecule has 1 aliphatic heterocycles. The predicted octanol–water partition coefficient (Wildman–Crippen LogP) is 2.95. The van der Waals surface area contributed by atoms with Crippen LogP contribution < -0.4 is 4.90 Å². The average Bonchev–Trinajstić information content (AvgIpc) is 3.12. The Morgan fingerprint density at radius 3 is 2.35 bits per heavy atom. The SMILES string of the molecule is CC(C(=O)N1CCN(c2ccccc2F)CC1)n1ccc(C(F)(F)F)n1. The first-order valence-corrected chi connectivity index (χ1v) is 8.18. The van der Waals surface area contributed by atoms with Gasteiger partial charge in [0.1, 0.15) is 11.9 Å². The van der Waals surface area contributed by atoms with E-state index in [-0.39, 0.29) is 11.7 Å². The number of amides is 1. The summed E-state index contributed by atoms with van der Waals surface area (Å²) in [6, 6.07) is 6.42. The zero-order valence-corrected chi connectivity index (χ0v) is 14.1. The van der Waals surface area contributed by atoms with Crippen molar-refractivity contribution in [2.24, 2.45) is 0 Å². The Hall–Kier alpha value is -2.58. The summed E-state index contributed by atoms with van der Waals surface area (Å²) in [6.45, 7) is 3.15. The molecule has 1 unspecified atom stereocenters. The van der Waals surface area contributed by atoms with Crippen LogP contribution in [0, 0.1) is 5.82 Å². The van der Waals surface area contributed by atoms with Crippen LogP contribution in [0.2, 0.25) is 0 Å². The predicted molar refractivity (Wildman–Crippen MR) is 87.1 cm³/mol. The Labute approximate surface area is 147 Å². The van der Waals surface area contributed by atoms with E-state index in [0.29, 0.717) is 31.9 Å². The molecule has 3 rings (SSSR count). The number of aromatic nitrogens is 2. The molecule has 2 aromatic rings.